The fourth-order valence-corrected chi connectivity index (χ4v) is 4.33. The van der Waals surface area contributed by atoms with E-state index in [-0.39, 0.29) is 24.3 Å². The van der Waals surface area contributed by atoms with Gasteiger partial charge in [0.2, 0.25) is 5.91 Å². The molecule has 34 heavy (non-hydrogen) atoms. The Hall–Kier alpha value is -3.61. The number of H-pyrrole nitrogens is 1. The van der Waals surface area contributed by atoms with Crippen molar-refractivity contribution in [1.29, 1.82) is 0 Å². The second-order valence-electron chi connectivity index (χ2n) is 8.18. The summed E-state index contributed by atoms with van der Waals surface area (Å²) in [6, 6.07) is 16.8. The first-order chi connectivity index (χ1) is 16.3. The van der Waals surface area contributed by atoms with Crippen LogP contribution in [-0.4, -0.2) is 10.9 Å². The van der Waals surface area contributed by atoms with Crippen LogP contribution < -0.4 is 5.32 Å². The van der Waals surface area contributed by atoms with Crippen LogP contribution in [0, 0.1) is 5.82 Å². The van der Waals surface area contributed by atoms with Crippen LogP contribution in [0.15, 0.2) is 72.9 Å². The van der Waals surface area contributed by atoms with E-state index < -0.39 is 23.6 Å². The molecule has 0 bridgehead atoms. The van der Waals surface area contributed by atoms with Crippen LogP contribution in [-0.2, 0) is 23.9 Å². The Morgan fingerprint density at radius 1 is 0.971 bits per heavy atom. The molecule has 0 radical (unpaired) electrons. The highest BCUT2D eigenvalue weighted by Gasteiger charge is 2.36. The summed E-state index contributed by atoms with van der Waals surface area (Å²) < 4.78 is 54.8. The quantitative estimate of drug-likeness (QED) is 0.290. The number of aromatic nitrogens is 1. The lowest BCUT2D eigenvalue weighted by Crippen LogP contribution is -2.25. The average molecular weight is 468 g/mol. The minimum Gasteiger partial charge on any atom is -0.361 e. The number of hydrogen-bond donors (Lipinski definition) is 2. The third-order valence-electron chi connectivity index (χ3n) is 6.02. The van der Waals surface area contributed by atoms with Gasteiger partial charge in [-0.05, 0) is 46.9 Å². The Bertz CT molecular complexity index is 1290. The predicted octanol–water partition coefficient (Wildman–Crippen LogP) is 6.73. The van der Waals surface area contributed by atoms with E-state index in [0.717, 1.165) is 29.0 Å². The average Bonchev–Trinajstić information content (AvgIpc) is 3.26. The molecule has 4 rings (SSSR count). The first-order valence-electron chi connectivity index (χ1n) is 11.0. The third kappa shape index (κ3) is 4.98. The van der Waals surface area contributed by atoms with E-state index in [1.54, 1.807) is 24.4 Å². The molecule has 0 aliphatic heterocycles. The van der Waals surface area contributed by atoms with Crippen LogP contribution in [0.2, 0.25) is 0 Å². The Balaban J connectivity index is 1.71. The largest absolute Gasteiger partial charge is 0.416 e. The predicted molar refractivity (Wildman–Crippen MR) is 124 cm³/mol. The van der Waals surface area contributed by atoms with E-state index in [1.165, 1.54) is 24.3 Å². The molecule has 3 aromatic carbocycles. The number of rotatable bonds is 7. The highest BCUT2D eigenvalue weighted by atomic mass is 19.4. The number of carbonyl (C=O) groups is 1. The van der Waals surface area contributed by atoms with Crippen molar-refractivity contribution in [2.45, 2.75) is 38.4 Å². The molecule has 0 saturated carbocycles. The Labute approximate surface area is 194 Å². The summed E-state index contributed by atoms with van der Waals surface area (Å²) in [6.07, 6.45) is -2.26. The smallest absolute Gasteiger partial charge is 0.361 e. The van der Waals surface area contributed by atoms with Crippen molar-refractivity contribution < 1.29 is 22.4 Å². The molecule has 1 unspecified atom stereocenters. The molecule has 3 nitrogen and oxygen atoms in total. The lowest BCUT2D eigenvalue weighted by Gasteiger charge is -2.22. The number of fused-ring (bicyclic) bond motifs is 1. The monoisotopic (exact) mass is 468 g/mol. The van der Waals surface area contributed by atoms with Gasteiger partial charge in [-0.3, -0.25) is 4.79 Å². The summed E-state index contributed by atoms with van der Waals surface area (Å²) in [4.78, 5) is 16.1. The molecule has 0 saturated heterocycles. The maximum atomic E-state index is 13.9. The summed E-state index contributed by atoms with van der Waals surface area (Å²) in [5, 5.41) is 3.56. The SMILES string of the molecule is CCc1cccc2c(C(CC(=O)NCc3ccc(F)cc3)c3ccccc3C(F)(F)F)c[nH]c12. The molecule has 176 valence electrons. The highest BCUT2D eigenvalue weighted by Crippen LogP contribution is 2.41. The van der Waals surface area contributed by atoms with Crippen molar-refractivity contribution in [2.75, 3.05) is 0 Å². The van der Waals surface area contributed by atoms with Gasteiger partial charge in [0, 0.05) is 36.0 Å². The number of alkyl halides is 3. The summed E-state index contributed by atoms with van der Waals surface area (Å²) in [5.41, 5.74) is 2.54. The second kappa shape index (κ2) is 9.71. The van der Waals surface area contributed by atoms with E-state index >= 15 is 0 Å². The second-order valence-corrected chi connectivity index (χ2v) is 8.18. The lowest BCUT2D eigenvalue weighted by molar-refractivity contribution is -0.138. The first-order valence-corrected chi connectivity index (χ1v) is 11.0. The molecular formula is C27H24F4N2O. The molecule has 0 aliphatic carbocycles. The third-order valence-corrected chi connectivity index (χ3v) is 6.02. The number of halogens is 4. The molecular weight excluding hydrogens is 444 g/mol. The van der Waals surface area contributed by atoms with Crippen LogP contribution in [0.5, 0.6) is 0 Å². The van der Waals surface area contributed by atoms with Crippen molar-refractivity contribution >= 4 is 16.8 Å². The van der Waals surface area contributed by atoms with E-state index in [0.29, 0.717) is 11.1 Å². The molecule has 1 atom stereocenters. The van der Waals surface area contributed by atoms with E-state index in [2.05, 4.69) is 10.3 Å². The molecule has 0 spiro atoms. The van der Waals surface area contributed by atoms with Crippen molar-refractivity contribution in [1.82, 2.24) is 10.3 Å². The van der Waals surface area contributed by atoms with Gasteiger partial charge in [-0.15, -0.1) is 0 Å². The number of aryl methyl sites for hydroxylation is 1. The molecule has 1 aromatic heterocycles. The molecule has 0 aliphatic rings. The molecule has 4 aromatic rings. The lowest BCUT2D eigenvalue weighted by atomic mass is 9.84. The van der Waals surface area contributed by atoms with Crippen LogP contribution >= 0.6 is 0 Å². The topological polar surface area (TPSA) is 44.9 Å². The summed E-state index contributed by atoms with van der Waals surface area (Å²) in [6.45, 7) is 2.16. The van der Waals surface area contributed by atoms with Gasteiger partial charge in [0.15, 0.2) is 0 Å². The fraction of sp³-hybridized carbons (Fsp3) is 0.222. The van der Waals surface area contributed by atoms with E-state index in [1.807, 2.05) is 25.1 Å². The number of carbonyl (C=O) groups excluding carboxylic acids is 1. The maximum absolute atomic E-state index is 13.9. The van der Waals surface area contributed by atoms with Crippen molar-refractivity contribution in [2.24, 2.45) is 0 Å². The van der Waals surface area contributed by atoms with Crippen LogP contribution in [0.4, 0.5) is 17.6 Å². The van der Waals surface area contributed by atoms with Crippen LogP contribution in [0.3, 0.4) is 0 Å². The maximum Gasteiger partial charge on any atom is 0.416 e. The Kier molecular flexibility index (Phi) is 6.72. The van der Waals surface area contributed by atoms with Gasteiger partial charge < -0.3 is 10.3 Å². The number of aromatic amines is 1. The zero-order valence-electron chi connectivity index (χ0n) is 18.5. The minimum absolute atomic E-state index is 0.0507. The van der Waals surface area contributed by atoms with Gasteiger partial charge in [-0.2, -0.15) is 13.2 Å². The molecule has 7 heteroatoms. The Morgan fingerprint density at radius 3 is 2.41 bits per heavy atom. The standard InChI is InChI=1S/C27H24F4N2O/c1-2-18-6-5-8-21-23(16-33-26(18)21)22(20-7-3-4-9-24(20)27(29,30)31)14-25(34)32-15-17-10-12-19(28)13-11-17/h3-13,16,22,33H,2,14-15H2,1H3,(H,32,34). The normalized spacial score (nSPS) is 12.6. The Morgan fingerprint density at radius 2 is 1.71 bits per heavy atom. The summed E-state index contributed by atoms with van der Waals surface area (Å²) in [7, 11) is 0. The van der Waals surface area contributed by atoms with Crippen LogP contribution in [0.25, 0.3) is 10.9 Å². The number of amides is 1. The molecule has 0 fully saturated rings. The highest BCUT2D eigenvalue weighted by molar-refractivity contribution is 5.88. The zero-order chi connectivity index (χ0) is 24.3. The van der Waals surface area contributed by atoms with Gasteiger partial charge in [-0.25, -0.2) is 4.39 Å². The van der Waals surface area contributed by atoms with Gasteiger partial charge in [0.25, 0.3) is 0 Å². The number of hydrogen-bond acceptors (Lipinski definition) is 1. The van der Waals surface area contributed by atoms with Gasteiger partial charge in [-0.1, -0.05) is 55.5 Å². The summed E-state index contributed by atoms with van der Waals surface area (Å²) in [5.74, 6) is -1.59. The number of benzene rings is 3. The van der Waals surface area contributed by atoms with Gasteiger partial charge >= 0.3 is 6.18 Å². The zero-order valence-corrected chi connectivity index (χ0v) is 18.5. The van der Waals surface area contributed by atoms with E-state index in [4.69, 9.17) is 0 Å². The first kappa shape index (κ1) is 23.5. The van der Waals surface area contributed by atoms with Crippen molar-refractivity contribution in [3.05, 3.63) is 107 Å². The minimum atomic E-state index is -4.56. The molecule has 1 amide bonds. The molecule has 1 heterocycles. The summed E-state index contributed by atoms with van der Waals surface area (Å²) >= 11 is 0. The van der Waals surface area contributed by atoms with Crippen molar-refractivity contribution in [3.8, 4) is 0 Å². The van der Waals surface area contributed by atoms with Crippen LogP contribution in [0.1, 0.15) is 47.1 Å². The number of para-hydroxylation sites is 1. The number of nitrogens with one attached hydrogen (secondary N) is 2. The van der Waals surface area contributed by atoms with Gasteiger partial charge in [0.1, 0.15) is 5.82 Å². The van der Waals surface area contributed by atoms with Crippen molar-refractivity contribution in [3.63, 3.8) is 0 Å². The molecule has 2 N–H and O–H groups in total. The fourth-order valence-electron chi connectivity index (χ4n) is 4.33. The van der Waals surface area contributed by atoms with E-state index in [9.17, 15) is 22.4 Å². The van der Waals surface area contributed by atoms with Gasteiger partial charge in [0.05, 0.1) is 5.56 Å².